The third-order valence-electron chi connectivity index (χ3n) is 4.79. The van der Waals surface area contributed by atoms with Gasteiger partial charge in [0.25, 0.3) is 5.91 Å². The van der Waals surface area contributed by atoms with Crippen molar-refractivity contribution in [1.82, 2.24) is 14.2 Å². The van der Waals surface area contributed by atoms with E-state index in [4.69, 9.17) is 0 Å². The zero-order valence-corrected chi connectivity index (χ0v) is 18.1. The van der Waals surface area contributed by atoms with Crippen LogP contribution in [0.4, 0.5) is 0 Å². The topological polar surface area (TPSA) is 71.4 Å². The zero-order valence-electron chi connectivity index (χ0n) is 16.5. The van der Waals surface area contributed by atoms with Crippen LogP contribution in [-0.4, -0.2) is 37.3 Å². The molecule has 0 radical (unpaired) electrons. The summed E-state index contributed by atoms with van der Waals surface area (Å²) in [5, 5.41) is 5.85. The van der Waals surface area contributed by atoms with Gasteiger partial charge in [0, 0.05) is 36.9 Å². The van der Waals surface area contributed by atoms with Gasteiger partial charge in [-0.3, -0.25) is 4.79 Å². The molecule has 1 aromatic carbocycles. The lowest BCUT2D eigenvalue weighted by atomic mass is 10.1. The molecule has 2 heterocycles. The number of thiophene rings is 1. The Balaban J connectivity index is 1.94. The van der Waals surface area contributed by atoms with Gasteiger partial charge in [0.2, 0.25) is 10.0 Å². The molecule has 1 unspecified atom stereocenters. The van der Waals surface area contributed by atoms with Crippen LogP contribution in [0.3, 0.4) is 0 Å². The summed E-state index contributed by atoms with van der Waals surface area (Å²) in [5.41, 5.74) is 1.32. The molecule has 150 valence electrons. The molecule has 0 fully saturated rings. The van der Waals surface area contributed by atoms with E-state index in [-0.39, 0.29) is 16.8 Å². The van der Waals surface area contributed by atoms with Crippen molar-refractivity contribution in [2.45, 2.75) is 30.7 Å². The number of hydrogen-bond donors (Lipinski definition) is 1. The SMILES string of the molecule is CCCC(NC(=O)c1cc2cc(S(=O)(=O)N(C)C)ccc2n1C)c1cccs1. The van der Waals surface area contributed by atoms with Crippen molar-refractivity contribution in [3.05, 3.63) is 52.3 Å². The predicted octanol–water partition coefficient (Wildman–Crippen LogP) is 3.76. The Bertz CT molecular complexity index is 1080. The Labute approximate surface area is 169 Å². The number of carbonyl (C=O) groups is 1. The number of nitrogens with zero attached hydrogens (tertiary/aromatic N) is 2. The van der Waals surface area contributed by atoms with Gasteiger partial charge in [-0.05, 0) is 42.1 Å². The molecule has 0 saturated heterocycles. The highest BCUT2D eigenvalue weighted by molar-refractivity contribution is 7.89. The molecule has 0 aliphatic rings. The van der Waals surface area contributed by atoms with E-state index < -0.39 is 10.0 Å². The van der Waals surface area contributed by atoms with Gasteiger partial charge in [0.15, 0.2) is 0 Å². The Morgan fingerprint density at radius 3 is 2.61 bits per heavy atom. The highest BCUT2D eigenvalue weighted by Gasteiger charge is 2.21. The summed E-state index contributed by atoms with van der Waals surface area (Å²) < 4.78 is 27.8. The zero-order chi connectivity index (χ0) is 20.5. The van der Waals surface area contributed by atoms with E-state index in [9.17, 15) is 13.2 Å². The minimum atomic E-state index is -3.52. The van der Waals surface area contributed by atoms with Crippen LogP contribution in [0.15, 0.2) is 46.7 Å². The van der Waals surface area contributed by atoms with Gasteiger partial charge in [-0.2, -0.15) is 0 Å². The molecule has 1 N–H and O–H groups in total. The Kier molecular flexibility index (Phi) is 5.92. The number of aromatic nitrogens is 1. The Morgan fingerprint density at radius 1 is 1.25 bits per heavy atom. The van der Waals surface area contributed by atoms with Gasteiger partial charge in [-0.15, -0.1) is 11.3 Å². The first kappa shape index (κ1) is 20.6. The van der Waals surface area contributed by atoms with E-state index in [0.29, 0.717) is 5.69 Å². The lowest BCUT2D eigenvalue weighted by molar-refractivity contribution is 0.0927. The summed E-state index contributed by atoms with van der Waals surface area (Å²) in [6.45, 7) is 2.09. The normalized spacial score (nSPS) is 13.2. The minimum Gasteiger partial charge on any atom is -0.343 e. The number of amides is 1. The summed E-state index contributed by atoms with van der Waals surface area (Å²) in [7, 11) is 1.30. The maximum absolute atomic E-state index is 13.0. The second-order valence-electron chi connectivity index (χ2n) is 6.93. The molecule has 0 bridgehead atoms. The van der Waals surface area contributed by atoms with Crippen molar-refractivity contribution in [3.63, 3.8) is 0 Å². The first-order chi connectivity index (χ1) is 13.3. The highest BCUT2D eigenvalue weighted by atomic mass is 32.2. The third-order valence-corrected chi connectivity index (χ3v) is 7.59. The molecule has 28 heavy (non-hydrogen) atoms. The summed E-state index contributed by atoms with van der Waals surface area (Å²) >= 11 is 1.63. The number of fused-ring (bicyclic) bond motifs is 1. The van der Waals surface area contributed by atoms with Crippen LogP contribution < -0.4 is 5.32 Å². The van der Waals surface area contributed by atoms with Crippen LogP contribution in [0.25, 0.3) is 10.9 Å². The fraction of sp³-hybridized carbons (Fsp3) is 0.350. The van der Waals surface area contributed by atoms with Crippen LogP contribution in [-0.2, 0) is 17.1 Å². The average molecular weight is 420 g/mol. The maximum Gasteiger partial charge on any atom is 0.268 e. The van der Waals surface area contributed by atoms with Crippen molar-refractivity contribution in [3.8, 4) is 0 Å². The molecule has 1 amide bonds. The molecule has 6 nitrogen and oxygen atoms in total. The van der Waals surface area contributed by atoms with Crippen LogP contribution in [0.1, 0.15) is 41.2 Å². The van der Waals surface area contributed by atoms with E-state index >= 15 is 0 Å². The van der Waals surface area contributed by atoms with Crippen molar-refractivity contribution >= 4 is 38.2 Å². The number of rotatable bonds is 7. The number of hydrogen-bond acceptors (Lipinski definition) is 4. The Morgan fingerprint density at radius 2 is 2.00 bits per heavy atom. The fourth-order valence-electron chi connectivity index (χ4n) is 3.21. The maximum atomic E-state index is 13.0. The number of benzene rings is 1. The molecule has 0 aliphatic heterocycles. The predicted molar refractivity (Wildman–Crippen MR) is 113 cm³/mol. The van der Waals surface area contributed by atoms with Gasteiger partial charge < -0.3 is 9.88 Å². The summed E-state index contributed by atoms with van der Waals surface area (Å²) in [6, 6.07) is 10.7. The molecular formula is C20H25N3O3S2. The number of carbonyl (C=O) groups excluding carboxylic acids is 1. The second-order valence-corrected chi connectivity index (χ2v) is 10.1. The largest absolute Gasteiger partial charge is 0.343 e. The van der Waals surface area contributed by atoms with Gasteiger partial charge in [-0.1, -0.05) is 19.4 Å². The number of aryl methyl sites for hydroxylation is 1. The first-order valence-corrected chi connectivity index (χ1v) is 11.4. The molecule has 3 rings (SSSR count). The quantitative estimate of drug-likeness (QED) is 0.634. The number of sulfonamides is 1. The van der Waals surface area contributed by atoms with Crippen LogP contribution in [0.5, 0.6) is 0 Å². The van der Waals surface area contributed by atoms with E-state index in [1.165, 1.54) is 18.4 Å². The summed E-state index contributed by atoms with van der Waals surface area (Å²) in [5.74, 6) is -0.164. The fourth-order valence-corrected chi connectivity index (χ4v) is 4.96. The van der Waals surface area contributed by atoms with Gasteiger partial charge >= 0.3 is 0 Å². The Hall–Kier alpha value is -2.16. The lowest BCUT2D eigenvalue weighted by Crippen LogP contribution is -2.29. The van der Waals surface area contributed by atoms with Crippen molar-refractivity contribution < 1.29 is 13.2 Å². The van der Waals surface area contributed by atoms with Crippen molar-refractivity contribution in [2.24, 2.45) is 7.05 Å². The first-order valence-electron chi connectivity index (χ1n) is 9.12. The van der Waals surface area contributed by atoms with Crippen LogP contribution >= 0.6 is 11.3 Å². The van der Waals surface area contributed by atoms with Crippen molar-refractivity contribution in [2.75, 3.05) is 14.1 Å². The second kappa shape index (κ2) is 8.06. The summed E-state index contributed by atoms with van der Waals surface area (Å²) in [6.07, 6.45) is 1.82. The number of nitrogens with one attached hydrogen (secondary N) is 1. The molecule has 0 aliphatic carbocycles. The van der Waals surface area contributed by atoms with E-state index in [1.54, 1.807) is 40.2 Å². The van der Waals surface area contributed by atoms with E-state index in [2.05, 4.69) is 12.2 Å². The minimum absolute atomic E-state index is 0.0276. The standard InChI is InChI=1S/C20H25N3O3S2/c1-5-7-16(19-8-6-11-27-19)21-20(24)18-13-14-12-15(28(25,26)22(2)3)9-10-17(14)23(18)4/h6,8-13,16H,5,7H2,1-4H3,(H,21,24). The summed E-state index contributed by atoms with van der Waals surface area (Å²) in [4.78, 5) is 14.3. The molecule has 0 spiro atoms. The molecule has 1 atom stereocenters. The lowest BCUT2D eigenvalue weighted by Gasteiger charge is -2.17. The molecular weight excluding hydrogens is 394 g/mol. The van der Waals surface area contributed by atoms with Crippen LogP contribution in [0.2, 0.25) is 0 Å². The van der Waals surface area contributed by atoms with Gasteiger partial charge in [0.05, 0.1) is 10.9 Å². The van der Waals surface area contributed by atoms with Gasteiger partial charge in [0.1, 0.15) is 5.69 Å². The smallest absolute Gasteiger partial charge is 0.268 e. The molecule has 8 heteroatoms. The molecule has 0 saturated carbocycles. The van der Waals surface area contributed by atoms with Crippen LogP contribution in [0, 0.1) is 0 Å². The monoisotopic (exact) mass is 419 g/mol. The average Bonchev–Trinajstić information content (AvgIpc) is 3.29. The third kappa shape index (κ3) is 3.85. The van der Waals surface area contributed by atoms with E-state index in [0.717, 1.165) is 28.6 Å². The van der Waals surface area contributed by atoms with Gasteiger partial charge in [-0.25, -0.2) is 12.7 Å². The van der Waals surface area contributed by atoms with E-state index in [1.807, 2.05) is 24.6 Å². The molecule has 3 aromatic rings. The van der Waals surface area contributed by atoms with Crippen molar-refractivity contribution in [1.29, 1.82) is 0 Å². The highest BCUT2D eigenvalue weighted by Crippen LogP contribution is 2.26. The molecule has 2 aromatic heterocycles.